The van der Waals surface area contributed by atoms with Gasteiger partial charge in [-0.3, -0.25) is 0 Å². The number of nitrogens with one attached hydrogen (secondary N) is 1. The number of halogens is 3. The van der Waals surface area contributed by atoms with Crippen LogP contribution in [-0.4, -0.2) is 6.54 Å². The molecule has 1 atom stereocenters. The highest BCUT2D eigenvalue weighted by Crippen LogP contribution is 2.28. The predicted octanol–water partition coefficient (Wildman–Crippen LogP) is 5.02. The van der Waals surface area contributed by atoms with Crippen LogP contribution >= 0.6 is 11.6 Å². The van der Waals surface area contributed by atoms with E-state index in [-0.39, 0.29) is 11.6 Å². The zero-order valence-corrected chi connectivity index (χ0v) is 12.8. The molecule has 1 unspecified atom stereocenters. The summed E-state index contributed by atoms with van der Waals surface area (Å²) in [6, 6.07) is 8.97. The van der Waals surface area contributed by atoms with Crippen molar-refractivity contribution in [3.8, 4) is 0 Å². The predicted molar refractivity (Wildman–Crippen MR) is 82.7 cm³/mol. The van der Waals surface area contributed by atoms with Gasteiger partial charge in [0.1, 0.15) is 11.6 Å². The number of hydrogen-bond acceptors (Lipinski definition) is 1. The Hall–Kier alpha value is -1.45. The molecular weight excluding hydrogens is 292 g/mol. The first-order valence-corrected chi connectivity index (χ1v) is 7.35. The lowest BCUT2D eigenvalue weighted by Gasteiger charge is -2.21. The standard InChI is InChI=1S/C17H18ClF2N/c1-3-8-21-17(12-5-4-11(2)16(20)9-12)14-10-13(18)6-7-15(14)19/h4-7,9-10,17,21H,3,8H2,1-2H3. The van der Waals surface area contributed by atoms with Crippen molar-refractivity contribution in [1.82, 2.24) is 5.32 Å². The van der Waals surface area contributed by atoms with E-state index in [1.807, 2.05) is 13.0 Å². The molecule has 0 amide bonds. The van der Waals surface area contributed by atoms with Crippen LogP contribution in [0.3, 0.4) is 0 Å². The minimum absolute atomic E-state index is 0.293. The first-order valence-electron chi connectivity index (χ1n) is 6.97. The first-order chi connectivity index (χ1) is 10.0. The lowest BCUT2D eigenvalue weighted by atomic mass is 9.97. The molecule has 0 spiro atoms. The molecule has 1 nitrogen and oxygen atoms in total. The molecule has 2 aromatic rings. The monoisotopic (exact) mass is 309 g/mol. The van der Waals surface area contributed by atoms with Gasteiger partial charge in [-0.15, -0.1) is 0 Å². The molecule has 0 saturated carbocycles. The third kappa shape index (κ3) is 3.80. The maximum Gasteiger partial charge on any atom is 0.128 e. The summed E-state index contributed by atoms with van der Waals surface area (Å²) in [5, 5.41) is 3.71. The van der Waals surface area contributed by atoms with Crippen LogP contribution in [0.2, 0.25) is 5.02 Å². The van der Waals surface area contributed by atoms with E-state index in [2.05, 4.69) is 5.32 Å². The van der Waals surface area contributed by atoms with Gasteiger partial charge in [-0.25, -0.2) is 8.78 Å². The van der Waals surface area contributed by atoms with Crippen LogP contribution in [-0.2, 0) is 0 Å². The topological polar surface area (TPSA) is 12.0 Å². The SMILES string of the molecule is CCCNC(c1ccc(C)c(F)c1)c1cc(Cl)ccc1F. The summed E-state index contributed by atoms with van der Waals surface area (Å²) < 4.78 is 27.9. The molecule has 0 aliphatic rings. The third-order valence-corrected chi connectivity index (χ3v) is 3.63. The average Bonchev–Trinajstić information content (AvgIpc) is 2.46. The molecule has 0 saturated heterocycles. The van der Waals surface area contributed by atoms with Crippen LogP contribution in [0.5, 0.6) is 0 Å². The van der Waals surface area contributed by atoms with E-state index >= 15 is 0 Å². The number of aryl methyl sites for hydroxylation is 1. The van der Waals surface area contributed by atoms with Crippen LogP contribution in [0.15, 0.2) is 36.4 Å². The Morgan fingerprint density at radius 3 is 2.52 bits per heavy atom. The van der Waals surface area contributed by atoms with Crippen molar-refractivity contribution in [2.75, 3.05) is 6.54 Å². The minimum Gasteiger partial charge on any atom is -0.306 e. The molecule has 0 aliphatic carbocycles. The minimum atomic E-state index is -0.418. The summed E-state index contributed by atoms with van der Waals surface area (Å²) in [6.45, 7) is 4.42. The van der Waals surface area contributed by atoms with E-state index in [0.717, 1.165) is 6.42 Å². The van der Waals surface area contributed by atoms with Crippen LogP contribution in [0.1, 0.15) is 36.1 Å². The molecule has 0 fully saturated rings. The van der Waals surface area contributed by atoms with E-state index in [0.29, 0.717) is 28.3 Å². The Morgan fingerprint density at radius 2 is 1.86 bits per heavy atom. The Labute approximate surface area is 128 Å². The summed E-state index contributed by atoms with van der Waals surface area (Å²) in [5.74, 6) is -0.646. The zero-order chi connectivity index (χ0) is 15.4. The molecule has 2 aromatic carbocycles. The quantitative estimate of drug-likeness (QED) is 0.818. The Kier molecular flexibility index (Phi) is 5.32. The lowest BCUT2D eigenvalue weighted by Crippen LogP contribution is -2.24. The van der Waals surface area contributed by atoms with Gasteiger partial charge in [0, 0.05) is 10.6 Å². The van der Waals surface area contributed by atoms with Crippen LogP contribution in [0, 0.1) is 18.6 Å². The highest BCUT2D eigenvalue weighted by atomic mass is 35.5. The van der Waals surface area contributed by atoms with Gasteiger partial charge in [-0.2, -0.15) is 0 Å². The Morgan fingerprint density at radius 1 is 1.10 bits per heavy atom. The second kappa shape index (κ2) is 7.01. The molecule has 4 heteroatoms. The molecule has 0 radical (unpaired) electrons. The van der Waals surface area contributed by atoms with Crippen LogP contribution in [0.25, 0.3) is 0 Å². The molecule has 0 heterocycles. The normalized spacial score (nSPS) is 12.4. The Balaban J connectivity index is 2.46. The highest BCUT2D eigenvalue weighted by molar-refractivity contribution is 6.30. The van der Waals surface area contributed by atoms with Crippen LogP contribution in [0.4, 0.5) is 8.78 Å². The van der Waals surface area contributed by atoms with Gasteiger partial charge in [0.2, 0.25) is 0 Å². The molecule has 112 valence electrons. The molecular formula is C17H18ClF2N. The van der Waals surface area contributed by atoms with Crippen molar-refractivity contribution in [1.29, 1.82) is 0 Å². The maximum absolute atomic E-state index is 14.1. The summed E-state index contributed by atoms with van der Waals surface area (Å²) in [5.41, 5.74) is 1.69. The fraction of sp³-hybridized carbons (Fsp3) is 0.294. The van der Waals surface area contributed by atoms with Gasteiger partial charge < -0.3 is 5.32 Å². The molecule has 21 heavy (non-hydrogen) atoms. The van der Waals surface area contributed by atoms with Crippen molar-refractivity contribution < 1.29 is 8.78 Å². The van der Waals surface area contributed by atoms with E-state index in [4.69, 9.17) is 11.6 Å². The largest absolute Gasteiger partial charge is 0.306 e. The number of benzene rings is 2. The molecule has 1 N–H and O–H groups in total. The first kappa shape index (κ1) is 15.9. The van der Waals surface area contributed by atoms with Gasteiger partial charge in [0.25, 0.3) is 0 Å². The zero-order valence-electron chi connectivity index (χ0n) is 12.1. The Bertz CT molecular complexity index is 628. The van der Waals surface area contributed by atoms with E-state index in [9.17, 15) is 8.78 Å². The molecule has 0 bridgehead atoms. The molecule has 0 aliphatic heterocycles. The second-order valence-electron chi connectivity index (χ2n) is 5.06. The molecule has 2 rings (SSSR count). The van der Waals surface area contributed by atoms with Gasteiger partial charge in [-0.1, -0.05) is 30.7 Å². The van der Waals surface area contributed by atoms with Crippen molar-refractivity contribution in [3.05, 3.63) is 69.7 Å². The van der Waals surface area contributed by atoms with E-state index in [1.54, 1.807) is 19.1 Å². The van der Waals surface area contributed by atoms with Crippen molar-refractivity contribution in [3.63, 3.8) is 0 Å². The average molecular weight is 310 g/mol. The number of hydrogen-bond donors (Lipinski definition) is 1. The van der Waals surface area contributed by atoms with Crippen LogP contribution < -0.4 is 5.32 Å². The third-order valence-electron chi connectivity index (χ3n) is 3.40. The summed E-state index contributed by atoms with van der Waals surface area (Å²) in [7, 11) is 0. The van der Waals surface area contributed by atoms with Crippen molar-refractivity contribution in [2.24, 2.45) is 0 Å². The van der Waals surface area contributed by atoms with Gasteiger partial charge in [0.05, 0.1) is 6.04 Å². The van der Waals surface area contributed by atoms with Gasteiger partial charge in [-0.05, 0) is 55.3 Å². The smallest absolute Gasteiger partial charge is 0.128 e. The van der Waals surface area contributed by atoms with E-state index in [1.165, 1.54) is 18.2 Å². The van der Waals surface area contributed by atoms with E-state index < -0.39 is 6.04 Å². The molecule has 0 aromatic heterocycles. The summed E-state index contributed by atoms with van der Waals surface area (Å²) in [4.78, 5) is 0. The second-order valence-corrected chi connectivity index (χ2v) is 5.50. The highest BCUT2D eigenvalue weighted by Gasteiger charge is 2.18. The van der Waals surface area contributed by atoms with Crippen molar-refractivity contribution in [2.45, 2.75) is 26.3 Å². The summed E-state index contributed by atoms with van der Waals surface area (Å²) in [6.07, 6.45) is 0.896. The van der Waals surface area contributed by atoms with Gasteiger partial charge >= 0.3 is 0 Å². The summed E-state index contributed by atoms with van der Waals surface area (Å²) >= 11 is 5.97. The maximum atomic E-state index is 14.1. The number of rotatable bonds is 5. The van der Waals surface area contributed by atoms with Crippen molar-refractivity contribution >= 4 is 11.6 Å². The fourth-order valence-corrected chi connectivity index (χ4v) is 2.40. The van der Waals surface area contributed by atoms with Gasteiger partial charge in [0.15, 0.2) is 0 Å². The lowest BCUT2D eigenvalue weighted by molar-refractivity contribution is 0.542. The fourth-order valence-electron chi connectivity index (χ4n) is 2.22.